The average Bonchev–Trinajstić information content (AvgIpc) is 3.43. The average molecular weight is 441 g/mol. The highest BCUT2D eigenvalue weighted by Gasteiger charge is 2.26. The lowest BCUT2D eigenvalue weighted by molar-refractivity contribution is 0.0332. The van der Waals surface area contributed by atoms with E-state index in [0.29, 0.717) is 50.0 Å². The second-order valence-electron chi connectivity index (χ2n) is 7.03. The first kappa shape index (κ1) is 21.4. The van der Waals surface area contributed by atoms with Gasteiger partial charge in [-0.3, -0.25) is 9.69 Å². The zero-order chi connectivity index (χ0) is 22.5. The van der Waals surface area contributed by atoms with Gasteiger partial charge >= 0.3 is 0 Å². The van der Waals surface area contributed by atoms with Crippen LogP contribution in [0.3, 0.4) is 0 Å². The fourth-order valence-corrected chi connectivity index (χ4v) is 3.20. The molecule has 1 fully saturated rings. The lowest BCUT2D eigenvalue weighted by atomic mass is 10.1. The molecule has 1 aromatic carbocycles. The van der Waals surface area contributed by atoms with Gasteiger partial charge in [0.15, 0.2) is 5.69 Å². The number of carbonyl (C=O) groups excluding carboxylic acids is 1. The minimum atomic E-state index is -0.517. The molecule has 168 valence electrons. The van der Waals surface area contributed by atoms with Gasteiger partial charge in [0, 0.05) is 25.2 Å². The molecule has 0 radical (unpaired) electrons. The quantitative estimate of drug-likeness (QED) is 0.384. The molecular weight excluding hydrogens is 418 g/mol. The van der Waals surface area contributed by atoms with E-state index in [-0.39, 0.29) is 17.3 Å². The van der Waals surface area contributed by atoms with Crippen molar-refractivity contribution in [1.82, 2.24) is 35.6 Å². The van der Waals surface area contributed by atoms with Crippen LogP contribution in [-0.2, 0) is 11.3 Å². The van der Waals surface area contributed by atoms with E-state index in [1.807, 2.05) is 24.3 Å². The van der Waals surface area contributed by atoms with Gasteiger partial charge in [0.2, 0.25) is 11.6 Å². The van der Waals surface area contributed by atoms with Gasteiger partial charge in [-0.15, -0.1) is 5.10 Å². The Bertz CT molecular complexity index is 1120. The van der Waals surface area contributed by atoms with Crippen molar-refractivity contribution in [3.8, 4) is 11.6 Å². The Kier molecular flexibility index (Phi) is 6.37. The maximum atomic E-state index is 12.9. The molecule has 1 aliphatic rings. The number of hydrazone groups is 1. The third kappa shape index (κ3) is 4.58. The van der Waals surface area contributed by atoms with Crippen LogP contribution in [0.4, 0.5) is 5.82 Å². The maximum absolute atomic E-state index is 12.9. The molecule has 1 amide bonds. The standard InChI is InChI=1S/C19H23N9O4/c1-12(13-4-3-5-14(10-13)30-2)21-23-19(29)16-15(11-27-6-8-31-9-7-27)28(26-22-16)18-17(20)24-32-25-18/h3-5,10H,6-9,11H2,1-2H3,(H2,20,24)(H,23,29). The number of rotatable bonds is 7. The number of morpholine rings is 1. The number of methoxy groups -OCH3 is 1. The lowest BCUT2D eigenvalue weighted by Crippen LogP contribution is -2.37. The van der Waals surface area contributed by atoms with E-state index in [1.54, 1.807) is 14.0 Å². The number of hydrogen-bond acceptors (Lipinski definition) is 11. The summed E-state index contributed by atoms with van der Waals surface area (Å²) in [5.74, 6) is 0.377. The predicted octanol–water partition coefficient (Wildman–Crippen LogP) is 0.227. The minimum Gasteiger partial charge on any atom is -0.497 e. The molecule has 3 aromatic rings. The second kappa shape index (κ2) is 9.53. The summed E-state index contributed by atoms with van der Waals surface area (Å²) in [6.45, 7) is 4.76. The minimum absolute atomic E-state index is 0.0389. The first-order valence-electron chi connectivity index (χ1n) is 9.89. The summed E-state index contributed by atoms with van der Waals surface area (Å²) >= 11 is 0. The van der Waals surface area contributed by atoms with Crippen LogP contribution in [0.15, 0.2) is 34.0 Å². The van der Waals surface area contributed by atoms with Gasteiger partial charge in [0.05, 0.1) is 31.7 Å². The molecule has 0 atom stereocenters. The Balaban J connectivity index is 1.59. The summed E-state index contributed by atoms with van der Waals surface area (Å²) in [5.41, 5.74) is 10.4. The molecule has 0 saturated carbocycles. The molecule has 0 unspecified atom stereocenters. The Hall–Kier alpha value is -3.84. The van der Waals surface area contributed by atoms with E-state index in [4.69, 9.17) is 15.2 Å². The number of nitrogens with two attached hydrogens (primary N) is 1. The van der Waals surface area contributed by atoms with E-state index in [0.717, 1.165) is 5.56 Å². The van der Waals surface area contributed by atoms with Crippen LogP contribution in [0.2, 0.25) is 0 Å². The highest BCUT2D eigenvalue weighted by Crippen LogP contribution is 2.18. The van der Waals surface area contributed by atoms with Crippen molar-refractivity contribution >= 4 is 17.4 Å². The number of benzene rings is 1. The van der Waals surface area contributed by atoms with Crippen molar-refractivity contribution in [3.63, 3.8) is 0 Å². The van der Waals surface area contributed by atoms with Gasteiger partial charge in [-0.1, -0.05) is 17.3 Å². The van der Waals surface area contributed by atoms with E-state index < -0.39 is 5.91 Å². The number of nitrogens with zero attached hydrogens (tertiary/aromatic N) is 7. The number of carbonyl (C=O) groups is 1. The van der Waals surface area contributed by atoms with Crippen molar-refractivity contribution in [1.29, 1.82) is 0 Å². The molecule has 0 spiro atoms. The lowest BCUT2D eigenvalue weighted by Gasteiger charge is -2.26. The predicted molar refractivity (Wildman–Crippen MR) is 112 cm³/mol. The van der Waals surface area contributed by atoms with Gasteiger partial charge < -0.3 is 15.2 Å². The third-order valence-corrected chi connectivity index (χ3v) is 4.96. The molecule has 13 heteroatoms. The summed E-state index contributed by atoms with van der Waals surface area (Å²) in [6, 6.07) is 7.37. The highest BCUT2D eigenvalue weighted by molar-refractivity contribution is 6.00. The van der Waals surface area contributed by atoms with Crippen molar-refractivity contribution < 1.29 is 18.9 Å². The molecular formula is C19H23N9O4. The van der Waals surface area contributed by atoms with E-state index in [9.17, 15) is 4.79 Å². The van der Waals surface area contributed by atoms with Gasteiger partial charge in [0.1, 0.15) is 5.75 Å². The summed E-state index contributed by atoms with van der Waals surface area (Å²) in [4.78, 5) is 15.1. The summed E-state index contributed by atoms with van der Waals surface area (Å²) < 4.78 is 16.7. The smallest absolute Gasteiger partial charge is 0.293 e. The van der Waals surface area contributed by atoms with Crippen molar-refractivity contribution in [3.05, 3.63) is 41.2 Å². The molecule has 4 rings (SSSR count). The number of nitrogen functional groups attached to an aromatic ring is 1. The largest absolute Gasteiger partial charge is 0.497 e. The molecule has 13 nitrogen and oxygen atoms in total. The Morgan fingerprint density at radius 1 is 1.31 bits per heavy atom. The number of anilines is 1. The number of nitrogens with one attached hydrogen (secondary N) is 1. The molecule has 1 saturated heterocycles. The Morgan fingerprint density at radius 2 is 2.12 bits per heavy atom. The van der Waals surface area contributed by atoms with E-state index in [1.165, 1.54) is 4.68 Å². The topological polar surface area (TPSA) is 159 Å². The van der Waals surface area contributed by atoms with Crippen LogP contribution in [0.1, 0.15) is 28.7 Å². The van der Waals surface area contributed by atoms with Crippen molar-refractivity contribution in [2.45, 2.75) is 13.5 Å². The normalized spacial score (nSPS) is 15.0. The van der Waals surface area contributed by atoms with Crippen LogP contribution < -0.4 is 15.9 Å². The monoisotopic (exact) mass is 441 g/mol. The maximum Gasteiger partial charge on any atom is 0.293 e. The summed E-state index contributed by atoms with van der Waals surface area (Å²) in [6.07, 6.45) is 0. The van der Waals surface area contributed by atoms with Crippen molar-refractivity contribution in [2.24, 2.45) is 5.10 Å². The number of ether oxygens (including phenoxy) is 2. The Morgan fingerprint density at radius 3 is 2.84 bits per heavy atom. The Labute approximate surface area is 183 Å². The SMILES string of the molecule is COc1cccc(C(C)=NNC(=O)c2nnn(-c3nonc3N)c2CN2CCOCC2)c1. The molecule has 1 aliphatic heterocycles. The molecule has 0 bridgehead atoms. The van der Waals surface area contributed by atoms with E-state index in [2.05, 4.69) is 40.7 Å². The zero-order valence-corrected chi connectivity index (χ0v) is 17.7. The van der Waals surface area contributed by atoms with Gasteiger partial charge in [-0.25, -0.2) is 10.1 Å². The highest BCUT2D eigenvalue weighted by atomic mass is 16.6. The van der Waals surface area contributed by atoms with E-state index >= 15 is 0 Å². The van der Waals surface area contributed by atoms with Gasteiger partial charge in [-0.05, 0) is 29.4 Å². The summed E-state index contributed by atoms with van der Waals surface area (Å²) in [7, 11) is 1.59. The number of aromatic nitrogens is 5. The summed E-state index contributed by atoms with van der Waals surface area (Å²) in [5, 5.41) is 19.7. The van der Waals surface area contributed by atoms with Crippen LogP contribution in [0, 0.1) is 0 Å². The molecule has 3 N–H and O–H groups in total. The number of amides is 1. The van der Waals surface area contributed by atoms with Crippen LogP contribution in [0.5, 0.6) is 5.75 Å². The fourth-order valence-electron chi connectivity index (χ4n) is 3.20. The zero-order valence-electron chi connectivity index (χ0n) is 17.7. The van der Waals surface area contributed by atoms with Crippen molar-refractivity contribution in [2.75, 3.05) is 39.1 Å². The molecule has 0 aliphatic carbocycles. The van der Waals surface area contributed by atoms with Gasteiger partial charge in [0.25, 0.3) is 5.91 Å². The first-order chi connectivity index (χ1) is 15.6. The van der Waals surface area contributed by atoms with Crippen LogP contribution in [-0.4, -0.2) is 75.2 Å². The third-order valence-electron chi connectivity index (χ3n) is 4.96. The molecule has 2 aromatic heterocycles. The second-order valence-corrected chi connectivity index (χ2v) is 7.03. The molecule has 3 heterocycles. The van der Waals surface area contributed by atoms with Gasteiger partial charge in [-0.2, -0.15) is 9.78 Å². The first-order valence-corrected chi connectivity index (χ1v) is 9.89. The number of hydrogen-bond donors (Lipinski definition) is 2. The fraction of sp³-hybridized carbons (Fsp3) is 0.368. The molecule has 32 heavy (non-hydrogen) atoms. The van der Waals surface area contributed by atoms with Crippen LogP contribution >= 0.6 is 0 Å². The van der Waals surface area contributed by atoms with Crippen LogP contribution in [0.25, 0.3) is 5.82 Å².